The van der Waals surface area contributed by atoms with Gasteiger partial charge in [0.25, 0.3) is 15.9 Å². The highest BCUT2D eigenvalue weighted by atomic mass is 79.9. The molecule has 0 atom stereocenters. The molecule has 0 saturated carbocycles. The van der Waals surface area contributed by atoms with Crippen LogP contribution in [0.3, 0.4) is 0 Å². The van der Waals surface area contributed by atoms with Gasteiger partial charge in [-0.2, -0.15) is 0 Å². The van der Waals surface area contributed by atoms with Crippen molar-refractivity contribution in [2.45, 2.75) is 31.6 Å². The average molecular weight is 437 g/mol. The van der Waals surface area contributed by atoms with Gasteiger partial charge in [-0.15, -0.1) is 0 Å². The zero-order valence-corrected chi connectivity index (χ0v) is 17.2. The van der Waals surface area contributed by atoms with Crippen LogP contribution in [0.5, 0.6) is 0 Å². The van der Waals surface area contributed by atoms with Crippen LogP contribution < -0.4 is 4.72 Å². The number of carbonyl (C=O) groups is 1. The minimum absolute atomic E-state index is 0.129. The molecule has 1 fully saturated rings. The van der Waals surface area contributed by atoms with Crippen LogP contribution in [-0.2, 0) is 10.0 Å². The highest BCUT2D eigenvalue weighted by Crippen LogP contribution is 2.28. The Morgan fingerprint density at radius 3 is 2.42 bits per heavy atom. The van der Waals surface area contributed by atoms with Crippen LogP contribution in [0.25, 0.3) is 0 Å². The Balaban J connectivity index is 1.98. The minimum Gasteiger partial charge on any atom is -0.339 e. The second-order valence-electron chi connectivity index (χ2n) is 6.51. The first-order valence-corrected chi connectivity index (χ1v) is 10.7. The number of hydrogen-bond donors (Lipinski definition) is 1. The maximum absolute atomic E-state index is 12.9. The lowest BCUT2D eigenvalue weighted by Gasteiger charge is -2.20. The number of sulfonamides is 1. The van der Waals surface area contributed by atoms with E-state index >= 15 is 0 Å². The lowest BCUT2D eigenvalue weighted by atomic mass is 10.1. The van der Waals surface area contributed by atoms with Gasteiger partial charge in [-0.05, 0) is 62.1 Å². The Morgan fingerprint density at radius 1 is 1.08 bits per heavy atom. The smallest absolute Gasteiger partial charge is 0.261 e. The zero-order valence-electron chi connectivity index (χ0n) is 14.8. The first kappa shape index (κ1) is 18.9. The summed E-state index contributed by atoms with van der Waals surface area (Å²) >= 11 is 3.38. The molecular formula is C19H21BrN2O3S. The molecule has 0 spiro atoms. The molecule has 0 bridgehead atoms. The number of anilines is 1. The number of amides is 1. The predicted octanol–water partition coefficient (Wildman–Crippen LogP) is 4.10. The maximum Gasteiger partial charge on any atom is 0.261 e. The SMILES string of the molecule is Cc1cc(S(=O)(=O)Nc2c(C)cccc2C(=O)N2CCCC2)ccc1Br. The number of likely N-dealkylation sites (tertiary alicyclic amines) is 1. The highest BCUT2D eigenvalue weighted by Gasteiger charge is 2.25. The average Bonchev–Trinajstić information content (AvgIpc) is 3.13. The van der Waals surface area contributed by atoms with Crippen LogP contribution in [0, 0.1) is 13.8 Å². The third-order valence-corrected chi connectivity index (χ3v) is 6.81. The van der Waals surface area contributed by atoms with Crippen LogP contribution in [0.4, 0.5) is 5.69 Å². The molecule has 2 aromatic carbocycles. The first-order valence-electron chi connectivity index (χ1n) is 8.47. The van der Waals surface area contributed by atoms with E-state index in [1.165, 1.54) is 0 Å². The molecule has 3 rings (SSSR count). The summed E-state index contributed by atoms with van der Waals surface area (Å²) in [5, 5.41) is 0. The Kier molecular flexibility index (Phi) is 5.39. The van der Waals surface area contributed by atoms with E-state index in [2.05, 4.69) is 20.7 Å². The highest BCUT2D eigenvalue weighted by molar-refractivity contribution is 9.10. The molecule has 0 unspecified atom stereocenters. The fourth-order valence-electron chi connectivity index (χ4n) is 3.05. The van der Waals surface area contributed by atoms with Crippen molar-refractivity contribution in [1.82, 2.24) is 4.90 Å². The van der Waals surface area contributed by atoms with Gasteiger partial charge in [0.15, 0.2) is 0 Å². The van der Waals surface area contributed by atoms with Crippen LogP contribution in [-0.4, -0.2) is 32.3 Å². The monoisotopic (exact) mass is 436 g/mol. The van der Waals surface area contributed by atoms with Gasteiger partial charge in [0.1, 0.15) is 0 Å². The lowest BCUT2D eigenvalue weighted by molar-refractivity contribution is 0.0794. The van der Waals surface area contributed by atoms with Crippen LogP contribution in [0.2, 0.25) is 0 Å². The molecule has 1 saturated heterocycles. The van der Waals surface area contributed by atoms with E-state index in [1.807, 2.05) is 6.92 Å². The fraction of sp³-hybridized carbons (Fsp3) is 0.316. The minimum atomic E-state index is -3.80. The molecule has 1 aliphatic rings. The standard InChI is InChI=1S/C19H21BrN2O3S/c1-13-6-5-7-16(19(23)22-10-3-4-11-22)18(13)21-26(24,25)15-8-9-17(20)14(2)12-15/h5-9,12,21H,3-4,10-11H2,1-2H3. The second kappa shape index (κ2) is 7.40. The van der Waals surface area contributed by atoms with Crippen molar-refractivity contribution in [3.8, 4) is 0 Å². The van der Waals surface area contributed by atoms with Crippen LogP contribution >= 0.6 is 15.9 Å². The van der Waals surface area contributed by atoms with E-state index in [-0.39, 0.29) is 10.8 Å². The Bertz CT molecular complexity index is 951. The molecule has 1 amide bonds. The van der Waals surface area contributed by atoms with Gasteiger partial charge in [0.2, 0.25) is 0 Å². The van der Waals surface area contributed by atoms with Crippen molar-refractivity contribution in [2.75, 3.05) is 17.8 Å². The summed E-state index contributed by atoms with van der Waals surface area (Å²) in [5.74, 6) is -0.129. The van der Waals surface area contributed by atoms with Gasteiger partial charge < -0.3 is 4.90 Å². The van der Waals surface area contributed by atoms with Crippen molar-refractivity contribution in [2.24, 2.45) is 0 Å². The Labute approximate surface area is 162 Å². The third kappa shape index (κ3) is 3.78. The molecule has 0 aromatic heterocycles. The molecule has 0 aliphatic carbocycles. The largest absolute Gasteiger partial charge is 0.339 e. The van der Waals surface area contributed by atoms with Crippen molar-refractivity contribution in [3.63, 3.8) is 0 Å². The molecule has 1 heterocycles. The van der Waals surface area contributed by atoms with Gasteiger partial charge in [-0.1, -0.05) is 28.1 Å². The maximum atomic E-state index is 12.9. The summed E-state index contributed by atoms with van der Waals surface area (Å²) in [6, 6.07) is 10.1. The number of hydrogen-bond acceptors (Lipinski definition) is 3. The first-order chi connectivity index (χ1) is 12.3. The van der Waals surface area contributed by atoms with E-state index in [0.717, 1.165) is 22.9 Å². The third-order valence-electron chi connectivity index (χ3n) is 4.57. The van der Waals surface area contributed by atoms with Crippen molar-refractivity contribution < 1.29 is 13.2 Å². The van der Waals surface area contributed by atoms with Gasteiger partial charge >= 0.3 is 0 Å². The van der Waals surface area contributed by atoms with Gasteiger partial charge in [0.05, 0.1) is 16.1 Å². The number of para-hydroxylation sites is 1. The Hall–Kier alpha value is -1.86. The van der Waals surface area contributed by atoms with E-state index in [9.17, 15) is 13.2 Å². The number of aryl methyl sites for hydroxylation is 2. The zero-order chi connectivity index (χ0) is 18.9. The van der Waals surface area contributed by atoms with Gasteiger partial charge in [0, 0.05) is 17.6 Å². The number of carbonyl (C=O) groups excluding carboxylic acids is 1. The summed E-state index contributed by atoms with van der Waals surface area (Å²) in [4.78, 5) is 14.8. The molecule has 1 N–H and O–H groups in total. The van der Waals surface area contributed by atoms with E-state index in [1.54, 1.807) is 48.2 Å². The van der Waals surface area contributed by atoms with Crippen molar-refractivity contribution >= 4 is 37.5 Å². The summed E-state index contributed by atoms with van der Waals surface area (Å²) < 4.78 is 29.2. The lowest BCUT2D eigenvalue weighted by Crippen LogP contribution is -2.29. The molecule has 7 heteroatoms. The number of nitrogens with one attached hydrogen (secondary N) is 1. The number of halogens is 1. The summed E-state index contributed by atoms with van der Waals surface area (Å²) in [6.45, 7) is 5.06. The predicted molar refractivity (Wildman–Crippen MR) is 106 cm³/mol. The number of nitrogens with zero attached hydrogens (tertiary/aromatic N) is 1. The van der Waals surface area contributed by atoms with Crippen molar-refractivity contribution in [3.05, 3.63) is 57.6 Å². The van der Waals surface area contributed by atoms with Crippen LogP contribution in [0.15, 0.2) is 45.8 Å². The Morgan fingerprint density at radius 2 is 1.77 bits per heavy atom. The van der Waals surface area contributed by atoms with E-state index in [0.29, 0.717) is 29.9 Å². The molecule has 26 heavy (non-hydrogen) atoms. The summed E-state index contributed by atoms with van der Waals surface area (Å²) in [7, 11) is -3.80. The molecular weight excluding hydrogens is 416 g/mol. The van der Waals surface area contributed by atoms with Gasteiger partial charge in [-0.25, -0.2) is 8.42 Å². The van der Waals surface area contributed by atoms with E-state index in [4.69, 9.17) is 0 Å². The topological polar surface area (TPSA) is 66.5 Å². The second-order valence-corrected chi connectivity index (χ2v) is 9.05. The van der Waals surface area contributed by atoms with Crippen LogP contribution in [0.1, 0.15) is 34.3 Å². The van der Waals surface area contributed by atoms with Gasteiger partial charge in [-0.3, -0.25) is 9.52 Å². The summed E-state index contributed by atoms with van der Waals surface area (Å²) in [5.41, 5.74) is 2.28. The normalized spacial score (nSPS) is 14.5. The fourth-order valence-corrected chi connectivity index (χ4v) is 4.53. The molecule has 0 radical (unpaired) electrons. The molecule has 1 aliphatic heterocycles. The molecule has 5 nitrogen and oxygen atoms in total. The van der Waals surface area contributed by atoms with E-state index < -0.39 is 10.0 Å². The molecule has 2 aromatic rings. The summed E-state index contributed by atoms with van der Waals surface area (Å²) in [6.07, 6.45) is 1.97. The number of benzene rings is 2. The quantitative estimate of drug-likeness (QED) is 0.783. The van der Waals surface area contributed by atoms with Crippen molar-refractivity contribution in [1.29, 1.82) is 0 Å². The molecule has 138 valence electrons. The number of rotatable bonds is 4.